The highest BCUT2D eigenvalue weighted by atomic mass is 19.4. The predicted octanol–water partition coefficient (Wildman–Crippen LogP) is 5.10. The fourth-order valence-corrected chi connectivity index (χ4v) is 3.94. The SMILES string of the molecule is O=C1CC=C(NC(=O)c2cnn(Cc3cccc(C(F)(F)F)c3)c2)C=C1c1cc2ccccc2[nH]1. The average molecular weight is 476 g/mol. The zero-order valence-electron chi connectivity index (χ0n) is 18.3. The Bertz CT molecular complexity index is 1480. The first-order valence-electron chi connectivity index (χ1n) is 10.8. The Morgan fingerprint density at radius 2 is 1.94 bits per heavy atom. The summed E-state index contributed by atoms with van der Waals surface area (Å²) in [5, 5.41) is 7.85. The minimum atomic E-state index is -4.43. The quantitative estimate of drug-likeness (QED) is 0.421. The standard InChI is InChI=1S/C26H19F3N4O2/c27-26(28,29)19-6-3-4-16(10-19)14-33-15-18(13-30-33)25(35)31-20-8-9-24(34)21(12-20)23-11-17-5-1-2-7-22(17)32-23/h1-8,10-13,15,32H,9,14H2,(H,31,35). The molecule has 0 fully saturated rings. The second-order valence-corrected chi connectivity index (χ2v) is 8.19. The van der Waals surface area contributed by atoms with Gasteiger partial charge in [-0.2, -0.15) is 18.3 Å². The maximum Gasteiger partial charge on any atom is 0.416 e. The van der Waals surface area contributed by atoms with Crippen molar-refractivity contribution in [3.63, 3.8) is 0 Å². The van der Waals surface area contributed by atoms with E-state index in [0.29, 0.717) is 22.5 Å². The number of carbonyl (C=O) groups excluding carboxylic acids is 2. The number of benzene rings is 2. The molecule has 4 aromatic rings. The third kappa shape index (κ3) is 4.79. The summed E-state index contributed by atoms with van der Waals surface area (Å²) in [5.74, 6) is -0.503. The number of allylic oxidation sites excluding steroid dienone is 3. The molecule has 0 saturated heterocycles. The fourth-order valence-electron chi connectivity index (χ4n) is 3.94. The molecule has 0 radical (unpaired) electrons. The second-order valence-electron chi connectivity index (χ2n) is 8.19. The van der Waals surface area contributed by atoms with Crippen LogP contribution in [0.5, 0.6) is 0 Å². The molecule has 2 heterocycles. The number of para-hydroxylation sites is 1. The highest BCUT2D eigenvalue weighted by Gasteiger charge is 2.30. The van der Waals surface area contributed by atoms with Gasteiger partial charge >= 0.3 is 6.18 Å². The Labute approximate surface area is 197 Å². The fraction of sp³-hybridized carbons (Fsp3) is 0.115. The van der Waals surface area contributed by atoms with Crippen LogP contribution in [0.3, 0.4) is 0 Å². The van der Waals surface area contributed by atoms with E-state index < -0.39 is 17.6 Å². The highest BCUT2D eigenvalue weighted by Crippen LogP contribution is 2.30. The van der Waals surface area contributed by atoms with Crippen LogP contribution in [0.1, 0.15) is 33.6 Å². The molecular weight excluding hydrogens is 457 g/mol. The molecule has 35 heavy (non-hydrogen) atoms. The highest BCUT2D eigenvalue weighted by molar-refractivity contribution is 6.23. The first-order chi connectivity index (χ1) is 16.8. The van der Waals surface area contributed by atoms with E-state index in [4.69, 9.17) is 0 Å². The minimum absolute atomic E-state index is 0.0662. The third-order valence-electron chi connectivity index (χ3n) is 5.68. The number of aromatic nitrogens is 3. The number of hydrogen-bond acceptors (Lipinski definition) is 3. The molecule has 2 N–H and O–H groups in total. The van der Waals surface area contributed by atoms with E-state index >= 15 is 0 Å². The van der Waals surface area contributed by atoms with Gasteiger partial charge in [-0.1, -0.05) is 36.4 Å². The first kappa shape index (κ1) is 22.4. The number of Topliss-reactive ketones (excluding diaryl/α,β-unsaturated/α-hetero) is 1. The maximum absolute atomic E-state index is 12.9. The van der Waals surface area contributed by atoms with E-state index in [1.54, 1.807) is 18.2 Å². The van der Waals surface area contributed by atoms with Crippen molar-refractivity contribution >= 4 is 28.2 Å². The van der Waals surface area contributed by atoms with Gasteiger partial charge in [0.25, 0.3) is 5.91 Å². The lowest BCUT2D eigenvalue weighted by Gasteiger charge is -2.13. The number of ketones is 1. The molecule has 176 valence electrons. The van der Waals surface area contributed by atoms with E-state index in [1.807, 2.05) is 30.3 Å². The lowest BCUT2D eigenvalue weighted by Crippen LogP contribution is -2.23. The van der Waals surface area contributed by atoms with Gasteiger partial charge in [-0.25, -0.2) is 0 Å². The molecule has 5 rings (SSSR count). The summed E-state index contributed by atoms with van der Waals surface area (Å²) in [6, 6.07) is 14.5. The van der Waals surface area contributed by atoms with Gasteiger partial charge in [0.15, 0.2) is 5.78 Å². The Balaban J connectivity index is 1.30. The Morgan fingerprint density at radius 3 is 2.74 bits per heavy atom. The van der Waals surface area contributed by atoms with E-state index in [9.17, 15) is 22.8 Å². The van der Waals surface area contributed by atoms with Crippen molar-refractivity contribution in [3.05, 3.63) is 107 Å². The number of aromatic amines is 1. The van der Waals surface area contributed by atoms with Gasteiger partial charge in [0.2, 0.25) is 0 Å². The van der Waals surface area contributed by atoms with Crippen molar-refractivity contribution in [3.8, 4) is 0 Å². The van der Waals surface area contributed by atoms with Gasteiger partial charge < -0.3 is 10.3 Å². The van der Waals surface area contributed by atoms with Gasteiger partial charge in [-0.15, -0.1) is 0 Å². The molecule has 0 spiro atoms. The Hall–Kier alpha value is -4.40. The number of carbonyl (C=O) groups is 2. The minimum Gasteiger partial charge on any atom is -0.354 e. The number of alkyl halides is 3. The zero-order chi connectivity index (χ0) is 24.6. The molecule has 2 aromatic carbocycles. The van der Waals surface area contributed by atoms with Gasteiger partial charge in [-0.3, -0.25) is 14.3 Å². The van der Waals surface area contributed by atoms with Crippen molar-refractivity contribution in [2.45, 2.75) is 19.1 Å². The number of nitrogens with one attached hydrogen (secondary N) is 2. The van der Waals surface area contributed by atoms with Crippen molar-refractivity contribution in [1.29, 1.82) is 0 Å². The lowest BCUT2D eigenvalue weighted by molar-refractivity contribution is -0.137. The number of rotatable bonds is 5. The van der Waals surface area contributed by atoms with Crippen LogP contribution < -0.4 is 5.32 Å². The maximum atomic E-state index is 12.9. The molecule has 1 aliphatic carbocycles. The summed E-state index contributed by atoms with van der Waals surface area (Å²) in [6.07, 6.45) is 1.79. The zero-order valence-corrected chi connectivity index (χ0v) is 18.3. The van der Waals surface area contributed by atoms with Crippen molar-refractivity contribution < 1.29 is 22.8 Å². The third-order valence-corrected chi connectivity index (χ3v) is 5.68. The van der Waals surface area contributed by atoms with Crippen LogP contribution in [0.4, 0.5) is 13.2 Å². The first-order valence-corrected chi connectivity index (χ1v) is 10.8. The summed E-state index contributed by atoms with van der Waals surface area (Å²) in [6.45, 7) is 0.0822. The number of amides is 1. The number of H-pyrrole nitrogens is 1. The molecule has 0 atom stereocenters. The smallest absolute Gasteiger partial charge is 0.354 e. The normalized spacial score (nSPS) is 14.1. The second kappa shape index (κ2) is 8.75. The molecule has 0 aliphatic heterocycles. The number of halogens is 3. The largest absolute Gasteiger partial charge is 0.416 e. The van der Waals surface area contributed by atoms with Crippen molar-refractivity contribution in [2.75, 3.05) is 0 Å². The Morgan fingerprint density at radius 1 is 1.11 bits per heavy atom. The topological polar surface area (TPSA) is 79.8 Å². The molecular formula is C26H19F3N4O2. The van der Waals surface area contributed by atoms with Gasteiger partial charge in [0, 0.05) is 34.8 Å². The Kier molecular flexibility index (Phi) is 5.60. The molecule has 9 heteroatoms. The molecule has 0 bridgehead atoms. The van der Waals surface area contributed by atoms with Crippen LogP contribution in [0.15, 0.2) is 84.8 Å². The van der Waals surface area contributed by atoms with E-state index in [1.165, 1.54) is 23.1 Å². The van der Waals surface area contributed by atoms with E-state index in [0.717, 1.165) is 23.0 Å². The van der Waals surface area contributed by atoms with Crippen LogP contribution in [0, 0.1) is 0 Å². The monoisotopic (exact) mass is 476 g/mol. The number of nitrogens with zero attached hydrogens (tertiary/aromatic N) is 2. The summed E-state index contributed by atoms with van der Waals surface area (Å²) in [5.41, 5.74) is 2.45. The van der Waals surface area contributed by atoms with E-state index in [2.05, 4.69) is 15.4 Å². The van der Waals surface area contributed by atoms with Crippen LogP contribution in [-0.2, 0) is 17.5 Å². The van der Waals surface area contributed by atoms with Crippen molar-refractivity contribution in [1.82, 2.24) is 20.1 Å². The van der Waals surface area contributed by atoms with Crippen molar-refractivity contribution in [2.24, 2.45) is 0 Å². The molecule has 2 aromatic heterocycles. The van der Waals surface area contributed by atoms with Crippen LogP contribution >= 0.6 is 0 Å². The molecule has 0 unspecified atom stereocenters. The summed E-state index contributed by atoms with van der Waals surface area (Å²) in [4.78, 5) is 28.5. The summed E-state index contributed by atoms with van der Waals surface area (Å²) < 4.78 is 40.2. The molecule has 0 saturated carbocycles. The van der Waals surface area contributed by atoms with Gasteiger partial charge in [0.05, 0.1) is 29.6 Å². The molecule has 6 nitrogen and oxygen atoms in total. The summed E-state index contributed by atoms with van der Waals surface area (Å²) in [7, 11) is 0. The summed E-state index contributed by atoms with van der Waals surface area (Å²) >= 11 is 0. The lowest BCUT2D eigenvalue weighted by atomic mass is 9.98. The van der Waals surface area contributed by atoms with E-state index in [-0.39, 0.29) is 24.3 Å². The van der Waals surface area contributed by atoms with Gasteiger partial charge in [-0.05, 0) is 35.9 Å². The number of hydrogen-bond donors (Lipinski definition) is 2. The molecule has 1 aliphatic rings. The van der Waals surface area contributed by atoms with Crippen LogP contribution in [0.2, 0.25) is 0 Å². The number of fused-ring (bicyclic) bond motifs is 1. The van der Waals surface area contributed by atoms with Crippen LogP contribution in [-0.4, -0.2) is 26.5 Å². The van der Waals surface area contributed by atoms with Gasteiger partial charge in [0.1, 0.15) is 0 Å². The predicted molar refractivity (Wildman–Crippen MR) is 124 cm³/mol. The molecule has 1 amide bonds. The van der Waals surface area contributed by atoms with Crippen LogP contribution in [0.25, 0.3) is 16.5 Å². The average Bonchev–Trinajstić information content (AvgIpc) is 3.47.